The first kappa shape index (κ1) is 23.2. The van der Waals surface area contributed by atoms with Gasteiger partial charge in [0.25, 0.3) is 5.69 Å². The zero-order valence-electron chi connectivity index (χ0n) is 19.1. The molecule has 3 aromatic carbocycles. The second-order valence-corrected chi connectivity index (χ2v) is 8.62. The van der Waals surface area contributed by atoms with Gasteiger partial charge in [0, 0.05) is 28.8 Å². The van der Waals surface area contributed by atoms with Crippen LogP contribution in [0.1, 0.15) is 6.92 Å². The van der Waals surface area contributed by atoms with Gasteiger partial charge in [-0.1, -0.05) is 23.9 Å². The number of para-hydroxylation sites is 1. The van der Waals surface area contributed by atoms with Crippen LogP contribution < -0.4 is 10.1 Å². The second-order valence-electron chi connectivity index (χ2n) is 7.68. The van der Waals surface area contributed by atoms with Gasteiger partial charge in [-0.2, -0.15) is 4.52 Å². The van der Waals surface area contributed by atoms with Gasteiger partial charge in [0.05, 0.1) is 22.8 Å². The molecule has 0 aliphatic carbocycles. The number of benzene rings is 3. The van der Waals surface area contributed by atoms with Crippen LogP contribution in [0.2, 0.25) is 0 Å². The maximum Gasteiger partial charge on any atom is 0.269 e. The van der Waals surface area contributed by atoms with Gasteiger partial charge in [-0.25, -0.2) is 9.97 Å². The zero-order valence-corrected chi connectivity index (χ0v) is 19.9. The predicted octanol–water partition coefficient (Wildman–Crippen LogP) is 4.98. The Morgan fingerprint density at radius 2 is 1.81 bits per heavy atom. The number of rotatable bonds is 8. The SMILES string of the molecule is CCOc1ccc(NC(=O)CSc2nc3ccccc3c3nc(-c4ccc([N+](=O)[O-])cc4)nn23)cc1. The number of nitro benzene ring substituents is 1. The molecular weight excluding hydrogens is 480 g/mol. The van der Waals surface area contributed by atoms with Crippen molar-refractivity contribution in [2.24, 2.45) is 0 Å². The Bertz CT molecular complexity index is 1570. The van der Waals surface area contributed by atoms with Crippen LogP contribution in [-0.2, 0) is 4.79 Å². The highest BCUT2D eigenvalue weighted by Gasteiger charge is 2.17. The van der Waals surface area contributed by atoms with Crippen LogP contribution in [0.4, 0.5) is 11.4 Å². The summed E-state index contributed by atoms with van der Waals surface area (Å²) in [5.74, 6) is 1.06. The molecule has 1 amide bonds. The average Bonchev–Trinajstić information content (AvgIpc) is 3.35. The summed E-state index contributed by atoms with van der Waals surface area (Å²) < 4.78 is 7.03. The summed E-state index contributed by atoms with van der Waals surface area (Å²) in [6.45, 7) is 2.48. The fourth-order valence-corrected chi connectivity index (χ4v) is 4.35. The number of thioether (sulfide) groups is 1. The molecule has 10 nitrogen and oxygen atoms in total. The number of hydrogen-bond donors (Lipinski definition) is 1. The van der Waals surface area contributed by atoms with Gasteiger partial charge in [-0.3, -0.25) is 14.9 Å². The van der Waals surface area contributed by atoms with Gasteiger partial charge in [0.1, 0.15) is 5.75 Å². The van der Waals surface area contributed by atoms with Gasteiger partial charge in [0.2, 0.25) is 5.91 Å². The summed E-state index contributed by atoms with van der Waals surface area (Å²) in [6.07, 6.45) is 0. The number of fused-ring (bicyclic) bond motifs is 3. The second kappa shape index (κ2) is 10.0. The van der Waals surface area contributed by atoms with Gasteiger partial charge in [-0.15, -0.1) is 5.10 Å². The molecule has 5 rings (SSSR count). The van der Waals surface area contributed by atoms with Crippen molar-refractivity contribution in [3.05, 3.63) is 82.9 Å². The van der Waals surface area contributed by atoms with E-state index in [1.54, 1.807) is 40.9 Å². The summed E-state index contributed by atoms with van der Waals surface area (Å²) in [5.41, 5.74) is 2.61. The Labute approximate surface area is 209 Å². The Balaban J connectivity index is 1.41. The number of nitrogens with one attached hydrogen (secondary N) is 1. The number of carbonyl (C=O) groups is 1. The van der Waals surface area contributed by atoms with Crippen molar-refractivity contribution < 1.29 is 14.5 Å². The van der Waals surface area contributed by atoms with E-state index in [9.17, 15) is 14.9 Å². The molecule has 5 aromatic rings. The molecule has 0 radical (unpaired) electrons. The van der Waals surface area contributed by atoms with Crippen LogP contribution in [0.25, 0.3) is 27.9 Å². The van der Waals surface area contributed by atoms with Crippen molar-refractivity contribution in [3.63, 3.8) is 0 Å². The number of non-ortho nitro benzene ring substituents is 1. The van der Waals surface area contributed by atoms with Crippen molar-refractivity contribution in [1.82, 2.24) is 19.6 Å². The average molecular weight is 501 g/mol. The number of nitro groups is 1. The summed E-state index contributed by atoms with van der Waals surface area (Å²) in [7, 11) is 0. The number of ether oxygens (including phenoxy) is 1. The summed E-state index contributed by atoms with van der Waals surface area (Å²) in [6, 6.07) is 20.8. The lowest BCUT2D eigenvalue weighted by molar-refractivity contribution is -0.384. The third kappa shape index (κ3) is 4.82. The summed E-state index contributed by atoms with van der Waals surface area (Å²) in [5, 5.41) is 19.8. The van der Waals surface area contributed by atoms with Crippen molar-refractivity contribution in [3.8, 4) is 17.1 Å². The fraction of sp³-hybridized carbons (Fsp3) is 0.120. The minimum absolute atomic E-state index is 0.00980. The Morgan fingerprint density at radius 1 is 1.06 bits per heavy atom. The molecule has 0 spiro atoms. The van der Waals surface area contributed by atoms with Gasteiger partial charge >= 0.3 is 0 Å². The molecule has 180 valence electrons. The normalized spacial score (nSPS) is 11.0. The third-order valence-corrected chi connectivity index (χ3v) is 6.20. The molecule has 0 bridgehead atoms. The van der Waals surface area contributed by atoms with E-state index in [4.69, 9.17) is 9.72 Å². The van der Waals surface area contributed by atoms with Crippen molar-refractivity contribution in [2.75, 3.05) is 17.7 Å². The van der Waals surface area contributed by atoms with Crippen LogP contribution >= 0.6 is 11.8 Å². The summed E-state index contributed by atoms with van der Waals surface area (Å²) >= 11 is 1.24. The first-order valence-electron chi connectivity index (χ1n) is 11.1. The van der Waals surface area contributed by atoms with Crippen LogP contribution in [-0.4, -0.2) is 42.8 Å². The maximum atomic E-state index is 12.6. The molecule has 2 heterocycles. The number of carbonyl (C=O) groups excluding carboxylic acids is 1. The fourth-order valence-electron chi connectivity index (χ4n) is 3.61. The van der Waals surface area contributed by atoms with E-state index in [1.807, 2.05) is 31.2 Å². The molecule has 0 saturated heterocycles. The molecular formula is C25H20N6O4S. The molecule has 36 heavy (non-hydrogen) atoms. The van der Waals surface area contributed by atoms with Crippen LogP contribution in [0.5, 0.6) is 5.75 Å². The van der Waals surface area contributed by atoms with Gasteiger partial charge in [-0.05, 0) is 55.5 Å². The largest absolute Gasteiger partial charge is 0.494 e. The first-order chi connectivity index (χ1) is 17.5. The van der Waals surface area contributed by atoms with Crippen LogP contribution in [0.3, 0.4) is 0 Å². The Hall–Kier alpha value is -4.51. The maximum absolute atomic E-state index is 12.6. The van der Waals surface area contributed by atoms with E-state index >= 15 is 0 Å². The lowest BCUT2D eigenvalue weighted by atomic mass is 10.2. The highest BCUT2D eigenvalue weighted by molar-refractivity contribution is 7.99. The molecule has 0 aliphatic rings. The number of nitrogens with zero attached hydrogens (tertiary/aromatic N) is 5. The van der Waals surface area contributed by atoms with Gasteiger partial charge in [0.15, 0.2) is 16.6 Å². The van der Waals surface area contributed by atoms with E-state index < -0.39 is 4.92 Å². The standard InChI is InChI=1S/C25H20N6O4S/c1-2-35-19-13-9-17(10-14-19)26-22(32)15-36-25-27-21-6-4-3-5-20(21)24-28-23(29-30(24)25)16-7-11-18(12-8-16)31(33)34/h3-14H,2,15H2,1H3,(H,26,32). The molecule has 0 fully saturated rings. The zero-order chi connectivity index (χ0) is 25.1. The van der Waals surface area contributed by atoms with E-state index in [0.717, 1.165) is 16.7 Å². The van der Waals surface area contributed by atoms with Crippen LogP contribution in [0, 0.1) is 10.1 Å². The lowest BCUT2D eigenvalue weighted by Gasteiger charge is -2.08. The number of hydrogen-bond acceptors (Lipinski definition) is 8. The molecule has 0 unspecified atom stereocenters. The molecule has 0 atom stereocenters. The number of anilines is 1. The number of amides is 1. The first-order valence-corrected chi connectivity index (χ1v) is 12.1. The summed E-state index contributed by atoms with van der Waals surface area (Å²) in [4.78, 5) is 32.5. The quantitative estimate of drug-likeness (QED) is 0.137. The van der Waals surface area contributed by atoms with Crippen molar-refractivity contribution >= 4 is 45.6 Å². The lowest BCUT2D eigenvalue weighted by Crippen LogP contribution is -2.14. The van der Waals surface area contributed by atoms with E-state index in [-0.39, 0.29) is 17.3 Å². The minimum atomic E-state index is -0.453. The smallest absolute Gasteiger partial charge is 0.269 e. The highest BCUT2D eigenvalue weighted by Crippen LogP contribution is 2.27. The molecule has 0 aliphatic heterocycles. The molecule has 1 N–H and O–H groups in total. The topological polar surface area (TPSA) is 125 Å². The van der Waals surface area contributed by atoms with E-state index in [1.165, 1.54) is 23.9 Å². The van der Waals surface area contributed by atoms with E-state index in [2.05, 4.69) is 15.4 Å². The third-order valence-electron chi connectivity index (χ3n) is 5.27. The monoisotopic (exact) mass is 500 g/mol. The van der Waals surface area contributed by atoms with Gasteiger partial charge < -0.3 is 10.1 Å². The van der Waals surface area contributed by atoms with E-state index in [0.29, 0.717) is 34.5 Å². The van der Waals surface area contributed by atoms with Crippen LogP contribution in [0.15, 0.2) is 78.0 Å². The van der Waals surface area contributed by atoms with Crippen molar-refractivity contribution in [1.29, 1.82) is 0 Å². The highest BCUT2D eigenvalue weighted by atomic mass is 32.2. The Morgan fingerprint density at radius 3 is 2.53 bits per heavy atom. The number of aromatic nitrogens is 4. The van der Waals surface area contributed by atoms with Crippen molar-refractivity contribution in [2.45, 2.75) is 12.1 Å². The predicted molar refractivity (Wildman–Crippen MR) is 137 cm³/mol. The molecule has 0 saturated carbocycles. The Kier molecular flexibility index (Phi) is 6.46. The minimum Gasteiger partial charge on any atom is -0.494 e. The molecule has 2 aromatic heterocycles. The molecule has 11 heteroatoms.